The standard InChI is InChI=1S/ClH.H2O.O.Rh/h1H;1H2;;/q;;;+2/p-2. The van der Waals surface area contributed by atoms with Gasteiger partial charge in [-0.15, -0.1) is 0 Å². The van der Waals surface area contributed by atoms with Gasteiger partial charge in [0.15, 0.2) is 0 Å². The molecule has 0 atom stereocenters. The summed E-state index contributed by atoms with van der Waals surface area (Å²) in [5.74, 6) is 0. The summed E-state index contributed by atoms with van der Waals surface area (Å²) in [6.07, 6.45) is 0. The second-order valence-electron chi connectivity index (χ2n) is 0.169. The van der Waals surface area contributed by atoms with Crippen molar-refractivity contribution in [1.82, 2.24) is 0 Å². The molecule has 0 saturated heterocycles. The first kappa shape index (κ1) is 4.67. The van der Waals surface area contributed by atoms with E-state index >= 15 is 0 Å². The van der Waals surface area contributed by atoms with Crippen molar-refractivity contribution in [3.05, 3.63) is 0 Å². The summed E-state index contributed by atoms with van der Waals surface area (Å²) in [6, 6.07) is 0. The van der Waals surface area contributed by atoms with Crippen molar-refractivity contribution in [3.63, 3.8) is 0 Å². The molecule has 0 aromatic rings. The fourth-order valence-corrected chi connectivity index (χ4v) is 0. The first-order valence-corrected chi connectivity index (χ1v) is 3.92. The molecule has 0 aliphatic carbocycles. The third kappa shape index (κ3) is 16.5. The second-order valence-corrected chi connectivity index (χ2v) is 2.27. The molecule has 0 aromatic heterocycles. The van der Waals surface area contributed by atoms with E-state index in [-0.39, 0.29) is 0 Å². The Labute approximate surface area is 33.0 Å². The van der Waals surface area contributed by atoms with Gasteiger partial charge >= 0.3 is 32.5 Å². The van der Waals surface area contributed by atoms with Crippen LogP contribution >= 0.6 is 9.69 Å². The Hall–Kier alpha value is 0.673. The summed E-state index contributed by atoms with van der Waals surface area (Å²) in [7, 11) is 4.40. The molecule has 0 aromatic carbocycles. The van der Waals surface area contributed by atoms with Gasteiger partial charge in [-0.3, -0.25) is 0 Å². The summed E-state index contributed by atoms with van der Waals surface area (Å²) in [6.45, 7) is 0. The molecule has 4 heteroatoms. The van der Waals surface area contributed by atoms with Crippen molar-refractivity contribution in [2.45, 2.75) is 0 Å². The predicted molar refractivity (Wildman–Crippen MR) is 8.76 cm³/mol. The van der Waals surface area contributed by atoms with Crippen LogP contribution in [0.4, 0.5) is 0 Å². The predicted octanol–water partition coefficient (Wildman–Crippen LogP) is 0.0112. The Morgan fingerprint density at radius 1 is 2.00 bits per heavy atom. The molecular formula is HClO2Rh. The van der Waals surface area contributed by atoms with E-state index in [9.17, 15) is 0 Å². The Morgan fingerprint density at radius 2 is 2.00 bits per heavy atom. The second kappa shape index (κ2) is 1.95. The van der Waals surface area contributed by atoms with Gasteiger partial charge in [-0.05, 0) is 0 Å². The maximum atomic E-state index is 8.98. The molecule has 0 fully saturated rings. The van der Waals surface area contributed by atoms with Gasteiger partial charge in [0.05, 0.1) is 0 Å². The minimum atomic E-state index is -2.85. The van der Waals surface area contributed by atoms with Crippen molar-refractivity contribution < 1.29 is 22.8 Å². The monoisotopic (exact) mass is 171 g/mol. The normalized spacial score (nSPS) is 11.0. The number of hydrogen-bond acceptors (Lipinski definition) is 1. The number of hydrogen-bond donors (Lipinski definition) is 1. The first-order chi connectivity index (χ1) is 1.73. The van der Waals surface area contributed by atoms with Crippen LogP contribution in [-0.2, 0) is 18.8 Å². The molecule has 0 saturated carbocycles. The van der Waals surface area contributed by atoms with Crippen LogP contribution in [0.25, 0.3) is 0 Å². The van der Waals surface area contributed by atoms with Crippen LogP contribution in [0, 0.1) is 0 Å². The Bertz CT molecular complexity index is 29.0. The van der Waals surface area contributed by atoms with Crippen molar-refractivity contribution in [2.75, 3.05) is 0 Å². The third-order valence-corrected chi connectivity index (χ3v) is 0. The van der Waals surface area contributed by atoms with Crippen LogP contribution in [0.5, 0.6) is 0 Å². The molecule has 1 N–H and O–H groups in total. The van der Waals surface area contributed by atoms with E-state index in [4.69, 9.17) is 7.51 Å². The van der Waals surface area contributed by atoms with Gasteiger partial charge in [-0.1, -0.05) is 0 Å². The average molecular weight is 171 g/mol. The Kier molecular flexibility index (Phi) is 2.27. The van der Waals surface area contributed by atoms with Crippen LogP contribution in [0.1, 0.15) is 0 Å². The molecule has 0 rings (SSSR count). The molecular weight excluding hydrogens is 170 g/mol. The Balaban J connectivity index is 2.80. The van der Waals surface area contributed by atoms with Crippen molar-refractivity contribution >= 4 is 9.69 Å². The van der Waals surface area contributed by atoms with E-state index in [2.05, 4.69) is 9.69 Å². The molecule has 29 valence electrons. The van der Waals surface area contributed by atoms with Gasteiger partial charge in [0, 0.05) is 0 Å². The SMILES string of the molecule is [O]=[Rh]([OH])[Cl]. The number of halogens is 1. The molecule has 0 amide bonds. The zero-order valence-electron chi connectivity index (χ0n) is 1.57. The van der Waals surface area contributed by atoms with Crippen LogP contribution in [0.2, 0.25) is 0 Å². The maximum absolute atomic E-state index is 8.98. The van der Waals surface area contributed by atoms with Gasteiger partial charge in [-0.25, -0.2) is 0 Å². The van der Waals surface area contributed by atoms with Gasteiger partial charge in [-0.2, -0.15) is 0 Å². The molecule has 0 heterocycles. The van der Waals surface area contributed by atoms with E-state index in [0.29, 0.717) is 0 Å². The fourth-order valence-electron chi connectivity index (χ4n) is 0. The topological polar surface area (TPSA) is 37.3 Å². The molecule has 0 aliphatic heterocycles. The van der Waals surface area contributed by atoms with Crippen LogP contribution < -0.4 is 0 Å². The van der Waals surface area contributed by atoms with Crippen LogP contribution in [0.3, 0.4) is 0 Å². The fraction of sp³-hybridized carbons (Fsp3) is 0. The zero-order chi connectivity index (χ0) is 3.58. The molecule has 0 radical (unpaired) electrons. The number of rotatable bonds is 0. The molecule has 0 unspecified atom stereocenters. The van der Waals surface area contributed by atoms with E-state index in [0.717, 1.165) is 0 Å². The quantitative estimate of drug-likeness (QED) is 0.521. The molecule has 0 bridgehead atoms. The molecule has 0 spiro atoms. The summed E-state index contributed by atoms with van der Waals surface area (Å²) < 4.78 is 16.4. The van der Waals surface area contributed by atoms with Gasteiger partial charge < -0.3 is 0 Å². The molecule has 4 heavy (non-hydrogen) atoms. The van der Waals surface area contributed by atoms with Crippen molar-refractivity contribution in [2.24, 2.45) is 0 Å². The third-order valence-electron chi connectivity index (χ3n) is 0. The first-order valence-electron chi connectivity index (χ1n) is 0.411. The molecule has 0 aliphatic rings. The average Bonchev–Trinajstić information content (AvgIpc) is 0.811. The van der Waals surface area contributed by atoms with Crippen LogP contribution in [-0.4, -0.2) is 3.93 Å². The summed E-state index contributed by atoms with van der Waals surface area (Å²) in [5, 5.41) is 0. The Morgan fingerprint density at radius 3 is 2.00 bits per heavy atom. The molecule has 2 nitrogen and oxygen atoms in total. The van der Waals surface area contributed by atoms with E-state index in [1.165, 1.54) is 0 Å². The van der Waals surface area contributed by atoms with Gasteiger partial charge in [0.25, 0.3) is 0 Å². The summed E-state index contributed by atoms with van der Waals surface area (Å²) in [4.78, 5) is 0. The van der Waals surface area contributed by atoms with Crippen molar-refractivity contribution in [1.29, 1.82) is 0 Å². The van der Waals surface area contributed by atoms with E-state index in [1.54, 1.807) is 0 Å². The van der Waals surface area contributed by atoms with E-state index < -0.39 is 15.3 Å². The van der Waals surface area contributed by atoms with Crippen LogP contribution in [0.15, 0.2) is 0 Å². The minimum absolute atomic E-state index is 2.85. The zero-order valence-corrected chi connectivity index (χ0v) is 3.96. The summed E-state index contributed by atoms with van der Waals surface area (Å²) >= 11 is -2.85. The van der Waals surface area contributed by atoms with Gasteiger partial charge in [0.1, 0.15) is 0 Å². The van der Waals surface area contributed by atoms with Crippen molar-refractivity contribution in [3.8, 4) is 0 Å². The van der Waals surface area contributed by atoms with E-state index in [1.807, 2.05) is 0 Å². The summed E-state index contributed by atoms with van der Waals surface area (Å²) in [5.41, 5.74) is 0. The van der Waals surface area contributed by atoms with Gasteiger partial charge in [0.2, 0.25) is 0 Å².